The van der Waals surface area contributed by atoms with Crippen molar-refractivity contribution >= 4 is 0 Å². The van der Waals surface area contributed by atoms with Crippen LogP contribution in [0.15, 0.2) is 12.7 Å². The van der Waals surface area contributed by atoms with E-state index in [-0.39, 0.29) is 11.9 Å². The summed E-state index contributed by atoms with van der Waals surface area (Å²) in [6, 6.07) is 0. The molecule has 0 aromatic heterocycles. The fourth-order valence-electron chi connectivity index (χ4n) is 1.73. The van der Waals surface area contributed by atoms with Crippen LogP contribution in [0.25, 0.3) is 0 Å². The van der Waals surface area contributed by atoms with Crippen LogP contribution in [0, 0.1) is 5.92 Å². The lowest BCUT2D eigenvalue weighted by Crippen LogP contribution is -2.26. The highest BCUT2D eigenvalue weighted by Crippen LogP contribution is 2.29. The van der Waals surface area contributed by atoms with Crippen LogP contribution in [0.4, 0.5) is 0 Å². The molecule has 1 rings (SSSR count). The van der Waals surface area contributed by atoms with E-state index in [1.54, 1.807) is 0 Å². The second-order valence-corrected chi connectivity index (χ2v) is 4.62. The van der Waals surface area contributed by atoms with Gasteiger partial charge in [0.25, 0.3) is 0 Å². The fourth-order valence-corrected chi connectivity index (χ4v) is 1.73. The Morgan fingerprint density at radius 1 is 1.57 bits per heavy atom. The minimum Gasteiger partial charge on any atom is -0.347 e. The molecular weight excluding hydrogens is 176 g/mol. The van der Waals surface area contributed by atoms with Gasteiger partial charge in [-0.15, -0.1) is 6.58 Å². The predicted molar refractivity (Wildman–Crippen MR) is 58.1 cm³/mol. The zero-order valence-corrected chi connectivity index (χ0v) is 9.58. The average Bonchev–Trinajstić information content (AvgIpc) is 2.47. The molecule has 1 fully saturated rings. The van der Waals surface area contributed by atoms with Crippen molar-refractivity contribution in [3.63, 3.8) is 0 Å². The molecule has 2 heteroatoms. The fraction of sp³-hybridized carbons (Fsp3) is 0.833. The molecule has 2 unspecified atom stereocenters. The first kappa shape index (κ1) is 11.7. The zero-order valence-electron chi connectivity index (χ0n) is 9.58. The van der Waals surface area contributed by atoms with Crippen LogP contribution < -0.4 is 0 Å². The van der Waals surface area contributed by atoms with Gasteiger partial charge in [0, 0.05) is 6.42 Å². The number of hydrogen-bond acceptors (Lipinski definition) is 2. The topological polar surface area (TPSA) is 18.5 Å². The lowest BCUT2D eigenvalue weighted by atomic mass is 10.0. The van der Waals surface area contributed by atoms with Crippen LogP contribution in [0.2, 0.25) is 0 Å². The Labute approximate surface area is 87.3 Å². The molecule has 0 spiro atoms. The first-order chi connectivity index (χ1) is 6.56. The lowest BCUT2D eigenvalue weighted by Gasteiger charge is -2.23. The molecule has 0 amide bonds. The van der Waals surface area contributed by atoms with Crippen LogP contribution in [0.3, 0.4) is 0 Å². The maximum atomic E-state index is 5.74. The van der Waals surface area contributed by atoms with Crippen molar-refractivity contribution in [1.82, 2.24) is 0 Å². The van der Waals surface area contributed by atoms with E-state index in [0.717, 1.165) is 18.8 Å². The highest BCUT2D eigenvalue weighted by atomic mass is 16.7. The monoisotopic (exact) mass is 198 g/mol. The third-order valence-corrected chi connectivity index (χ3v) is 2.63. The Balaban J connectivity index is 2.26. The molecule has 0 N–H and O–H groups in total. The van der Waals surface area contributed by atoms with Gasteiger partial charge in [-0.25, -0.2) is 0 Å². The summed E-state index contributed by atoms with van der Waals surface area (Å²) in [6.45, 7) is 10.9. The molecule has 1 heterocycles. The summed E-state index contributed by atoms with van der Waals surface area (Å²) in [5.41, 5.74) is 0. The van der Waals surface area contributed by atoms with Crippen molar-refractivity contribution in [3.8, 4) is 0 Å². The van der Waals surface area contributed by atoms with E-state index in [4.69, 9.17) is 9.47 Å². The van der Waals surface area contributed by atoms with Gasteiger partial charge in [-0.2, -0.15) is 0 Å². The Bertz CT molecular complexity index is 189. The molecule has 1 aliphatic rings. The zero-order chi connectivity index (χ0) is 10.6. The summed E-state index contributed by atoms with van der Waals surface area (Å²) in [4.78, 5) is 0. The minimum atomic E-state index is -0.367. The van der Waals surface area contributed by atoms with Gasteiger partial charge in [0.05, 0.1) is 6.61 Å². The smallest absolute Gasteiger partial charge is 0.166 e. The van der Waals surface area contributed by atoms with E-state index < -0.39 is 0 Å². The Morgan fingerprint density at radius 2 is 2.29 bits per heavy atom. The van der Waals surface area contributed by atoms with E-state index in [2.05, 4.69) is 20.4 Å². The van der Waals surface area contributed by atoms with E-state index in [1.807, 2.05) is 13.0 Å². The molecule has 14 heavy (non-hydrogen) atoms. The van der Waals surface area contributed by atoms with Gasteiger partial charge in [-0.3, -0.25) is 0 Å². The number of rotatable bonds is 5. The summed E-state index contributed by atoms with van der Waals surface area (Å²) in [5, 5.41) is 0. The van der Waals surface area contributed by atoms with Crippen molar-refractivity contribution in [2.24, 2.45) is 5.92 Å². The minimum absolute atomic E-state index is 0.0825. The van der Waals surface area contributed by atoms with Gasteiger partial charge in [0.1, 0.15) is 6.10 Å². The maximum Gasteiger partial charge on any atom is 0.166 e. The highest BCUT2D eigenvalue weighted by Gasteiger charge is 2.35. The summed E-state index contributed by atoms with van der Waals surface area (Å²) in [7, 11) is 0. The van der Waals surface area contributed by atoms with Gasteiger partial charge in [-0.1, -0.05) is 26.3 Å². The van der Waals surface area contributed by atoms with Crippen LogP contribution in [0.1, 0.15) is 40.0 Å². The molecule has 0 bridgehead atoms. The van der Waals surface area contributed by atoms with Gasteiger partial charge in [0.15, 0.2) is 5.79 Å². The third-order valence-electron chi connectivity index (χ3n) is 2.63. The Hall–Kier alpha value is -0.340. The number of ether oxygens (including phenoxy) is 2. The van der Waals surface area contributed by atoms with Gasteiger partial charge in [-0.05, 0) is 19.3 Å². The van der Waals surface area contributed by atoms with E-state index >= 15 is 0 Å². The van der Waals surface area contributed by atoms with Gasteiger partial charge in [0.2, 0.25) is 0 Å². The molecule has 2 nitrogen and oxygen atoms in total. The molecule has 82 valence electrons. The molecule has 0 aromatic carbocycles. The molecule has 0 aromatic rings. The average molecular weight is 198 g/mol. The standard InChI is InChI=1S/C12H22O2/c1-5-11-9-13-12(4,14-11)8-6-7-10(2)3/h5,10-11H,1,6-9H2,2-4H3. The summed E-state index contributed by atoms with van der Waals surface area (Å²) in [6.07, 6.45) is 5.28. The molecule has 1 aliphatic heterocycles. The van der Waals surface area contributed by atoms with Gasteiger partial charge >= 0.3 is 0 Å². The quantitative estimate of drug-likeness (QED) is 0.632. The Morgan fingerprint density at radius 3 is 2.79 bits per heavy atom. The van der Waals surface area contributed by atoms with Crippen molar-refractivity contribution in [2.45, 2.75) is 51.9 Å². The van der Waals surface area contributed by atoms with Crippen LogP contribution in [-0.2, 0) is 9.47 Å². The molecule has 0 radical (unpaired) electrons. The van der Waals surface area contributed by atoms with Crippen LogP contribution in [0.5, 0.6) is 0 Å². The number of hydrogen-bond donors (Lipinski definition) is 0. The highest BCUT2D eigenvalue weighted by molar-refractivity contribution is 4.86. The molecular formula is C12H22O2. The van der Waals surface area contributed by atoms with Crippen molar-refractivity contribution in [3.05, 3.63) is 12.7 Å². The summed E-state index contributed by atoms with van der Waals surface area (Å²) >= 11 is 0. The molecule has 2 atom stereocenters. The van der Waals surface area contributed by atoms with Crippen molar-refractivity contribution in [2.75, 3.05) is 6.61 Å². The van der Waals surface area contributed by atoms with Gasteiger partial charge < -0.3 is 9.47 Å². The second-order valence-electron chi connectivity index (χ2n) is 4.62. The van der Waals surface area contributed by atoms with Crippen molar-refractivity contribution in [1.29, 1.82) is 0 Å². The van der Waals surface area contributed by atoms with Crippen LogP contribution >= 0.6 is 0 Å². The SMILES string of the molecule is C=CC1COC(C)(CCCC(C)C)O1. The third kappa shape index (κ3) is 3.43. The van der Waals surface area contributed by atoms with E-state index in [1.165, 1.54) is 6.42 Å². The Kier molecular flexibility index (Phi) is 4.14. The normalized spacial score (nSPS) is 32.4. The van der Waals surface area contributed by atoms with E-state index in [0.29, 0.717) is 6.61 Å². The maximum absolute atomic E-state index is 5.74. The first-order valence-electron chi connectivity index (χ1n) is 5.50. The predicted octanol–water partition coefficient (Wildman–Crippen LogP) is 3.13. The first-order valence-corrected chi connectivity index (χ1v) is 5.50. The molecule has 0 aliphatic carbocycles. The summed E-state index contributed by atoms with van der Waals surface area (Å²) in [5.74, 6) is 0.392. The van der Waals surface area contributed by atoms with Crippen LogP contribution in [-0.4, -0.2) is 18.5 Å². The lowest BCUT2D eigenvalue weighted by molar-refractivity contribution is -0.154. The second kappa shape index (κ2) is 4.94. The summed E-state index contributed by atoms with van der Waals surface area (Å²) < 4.78 is 11.4. The van der Waals surface area contributed by atoms with E-state index in [9.17, 15) is 0 Å². The molecule has 0 saturated carbocycles. The van der Waals surface area contributed by atoms with Crippen molar-refractivity contribution < 1.29 is 9.47 Å². The largest absolute Gasteiger partial charge is 0.347 e. The molecule has 1 saturated heterocycles.